The summed E-state index contributed by atoms with van der Waals surface area (Å²) >= 11 is 0. The first-order valence-electron chi connectivity index (χ1n) is 4.39. The van der Waals surface area contributed by atoms with Gasteiger partial charge in [0.2, 0.25) is 0 Å². The maximum absolute atomic E-state index is 4.12. The minimum Gasteiger partial charge on any atom is -0.339 e. The Bertz CT molecular complexity index is 472. The van der Waals surface area contributed by atoms with E-state index in [4.69, 9.17) is 0 Å². The van der Waals surface area contributed by atoms with Crippen molar-refractivity contribution >= 4 is 0 Å². The summed E-state index contributed by atoms with van der Waals surface area (Å²) in [6.07, 6.45) is 3.64. The zero-order chi connectivity index (χ0) is 9.80. The smallest absolute Gasteiger partial charge is 0.131 e. The highest BCUT2D eigenvalue weighted by atomic mass is 15.0. The molecule has 0 saturated carbocycles. The Morgan fingerprint density at radius 2 is 1.93 bits per heavy atom. The molecule has 2 heteroatoms. The maximum Gasteiger partial charge on any atom is 0.131 e. The van der Waals surface area contributed by atoms with Crippen LogP contribution in [0.5, 0.6) is 0 Å². The lowest BCUT2D eigenvalue weighted by molar-refractivity contribution is 0.913. The van der Waals surface area contributed by atoms with Crippen molar-refractivity contribution in [2.24, 2.45) is 7.05 Å². The van der Waals surface area contributed by atoms with E-state index < -0.39 is 0 Å². The van der Waals surface area contributed by atoms with Crippen LogP contribution in [0.1, 0.15) is 11.3 Å². The molecule has 1 aromatic heterocycles. The molecule has 14 heavy (non-hydrogen) atoms. The highest BCUT2D eigenvalue weighted by Gasteiger charge is 1.89. The first kappa shape index (κ1) is 8.58. The molecule has 0 aliphatic heterocycles. The summed E-state index contributed by atoms with van der Waals surface area (Å²) in [6, 6.07) is 9.89. The molecule has 0 amide bonds. The third-order valence-corrected chi connectivity index (χ3v) is 1.81. The van der Waals surface area contributed by atoms with Gasteiger partial charge in [-0.05, 0) is 18.1 Å². The van der Waals surface area contributed by atoms with Crippen LogP contribution in [0.3, 0.4) is 0 Å². The van der Waals surface area contributed by atoms with Crippen molar-refractivity contribution in [1.82, 2.24) is 9.55 Å². The zero-order valence-electron chi connectivity index (χ0n) is 7.94. The topological polar surface area (TPSA) is 17.8 Å². The molecular weight excluding hydrogens is 172 g/mol. The number of hydrogen-bond acceptors (Lipinski definition) is 1. The second kappa shape index (κ2) is 3.80. The van der Waals surface area contributed by atoms with E-state index in [9.17, 15) is 0 Å². The van der Waals surface area contributed by atoms with Gasteiger partial charge in [-0.15, -0.1) is 0 Å². The summed E-state index contributed by atoms with van der Waals surface area (Å²) in [5.74, 6) is 6.05. The lowest BCUT2D eigenvalue weighted by Gasteiger charge is -1.85. The Labute approximate surface area is 83.2 Å². The molecule has 2 aromatic rings. The molecule has 0 saturated heterocycles. The molecule has 0 bridgehead atoms. The van der Waals surface area contributed by atoms with E-state index in [0.29, 0.717) is 0 Å². The second-order valence-electron chi connectivity index (χ2n) is 3.04. The van der Waals surface area contributed by atoms with Crippen molar-refractivity contribution in [1.29, 1.82) is 0 Å². The summed E-state index contributed by atoms with van der Waals surface area (Å²) in [5, 5.41) is 0. The zero-order valence-corrected chi connectivity index (χ0v) is 7.94. The third-order valence-electron chi connectivity index (χ3n) is 1.81. The predicted molar refractivity (Wildman–Crippen MR) is 55.6 cm³/mol. The van der Waals surface area contributed by atoms with Gasteiger partial charge in [0, 0.05) is 18.8 Å². The van der Waals surface area contributed by atoms with Crippen LogP contribution in [-0.4, -0.2) is 9.55 Å². The molecule has 0 spiro atoms. The highest BCUT2D eigenvalue weighted by Crippen LogP contribution is 1.96. The van der Waals surface area contributed by atoms with Gasteiger partial charge in [0.1, 0.15) is 5.69 Å². The number of imidazole rings is 1. The van der Waals surface area contributed by atoms with Crippen molar-refractivity contribution in [2.75, 3.05) is 0 Å². The number of hydrogen-bond donors (Lipinski definition) is 0. The molecule has 0 atom stereocenters. The molecule has 2 nitrogen and oxygen atoms in total. The SMILES string of the molecule is Cn1cnc(C#Cc2ccccc2)c1. The van der Waals surface area contributed by atoms with E-state index in [0.717, 1.165) is 11.3 Å². The number of rotatable bonds is 0. The number of nitrogens with zero attached hydrogens (tertiary/aromatic N) is 2. The Morgan fingerprint density at radius 1 is 1.14 bits per heavy atom. The van der Waals surface area contributed by atoms with Gasteiger partial charge in [0.05, 0.1) is 6.33 Å². The minimum atomic E-state index is 0.802. The van der Waals surface area contributed by atoms with Crippen LogP contribution in [0.4, 0.5) is 0 Å². The largest absolute Gasteiger partial charge is 0.339 e. The Morgan fingerprint density at radius 3 is 2.57 bits per heavy atom. The van der Waals surface area contributed by atoms with Gasteiger partial charge in [-0.3, -0.25) is 0 Å². The van der Waals surface area contributed by atoms with Gasteiger partial charge in [-0.1, -0.05) is 24.1 Å². The van der Waals surface area contributed by atoms with Crippen molar-refractivity contribution in [2.45, 2.75) is 0 Å². The van der Waals surface area contributed by atoms with Crippen LogP contribution in [0.2, 0.25) is 0 Å². The molecule has 2 rings (SSSR count). The van der Waals surface area contributed by atoms with E-state index in [1.54, 1.807) is 6.33 Å². The van der Waals surface area contributed by atoms with Crippen LogP contribution in [0.25, 0.3) is 0 Å². The van der Waals surface area contributed by atoms with E-state index in [2.05, 4.69) is 16.8 Å². The van der Waals surface area contributed by atoms with Crippen LogP contribution in [0.15, 0.2) is 42.9 Å². The van der Waals surface area contributed by atoms with Crippen molar-refractivity contribution in [3.63, 3.8) is 0 Å². The summed E-state index contributed by atoms with van der Waals surface area (Å²) in [4.78, 5) is 4.12. The maximum atomic E-state index is 4.12. The van der Waals surface area contributed by atoms with Crippen molar-refractivity contribution in [3.8, 4) is 11.8 Å². The summed E-state index contributed by atoms with van der Waals surface area (Å²) in [7, 11) is 1.93. The van der Waals surface area contributed by atoms with Gasteiger partial charge in [0.25, 0.3) is 0 Å². The van der Waals surface area contributed by atoms with Gasteiger partial charge in [-0.25, -0.2) is 4.98 Å². The first-order valence-corrected chi connectivity index (χ1v) is 4.39. The van der Waals surface area contributed by atoms with Gasteiger partial charge >= 0.3 is 0 Å². The number of benzene rings is 1. The quantitative estimate of drug-likeness (QED) is 0.568. The number of aromatic nitrogens is 2. The molecule has 0 aliphatic rings. The summed E-state index contributed by atoms with van der Waals surface area (Å²) in [5.41, 5.74) is 1.81. The standard InChI is InChI=1S/C12H10N2/c1-14-9-12(13-10-14)8-7-11-5-3-2-4-6-11/h2-6,9-10H,1H3. The molecule has 1 aromatic carbocycles. The lowest BCUT2D eigenvalue weighted by atomic mass is 10.2. The third kappa shape index (κ3) is 2.02. The Balaban J connectivity index is 2.23. The Hall–Kier alpha value is -2.01. The van der Waals surface area contributed by atoms with Crippen molar-refractivity contribution in [3.05, 3.63) is 54.1 Å². The van der Waals surface area contributed by atoms with E-state index in [1.807, 2.05) is 48.1 Å². The Kier molecular flexibility index (Phi) is 2.33. The second-order valence-corrected chi connectivity index (χ2v) is 3.04. The normalized spacial score (nSPS) is 9.21. The van der Waals surface area contributed by atoms with E-state index in [1.165, 1.54) is 0 Å². The van der Waals surface area contributed by atoms with Crippen molar-refractivity contribution < 1.29 is 0 Å². The fourth-order valence-corrected chi connectivity index (χ4v) is 1.14. The highest BCUT2D eigenvalue weighted by molar-refractivity contribution is 5.38. The fourth-order valence-electron chi connectivity index (χ4n) is 1.14. The molecule has 0 N–H and O–H groups in total. The molecule has 0 fully saturated rings. The van der Waals surface area contributed by atoms with Crippen LogP contribution >= 0.6 is 0 Å². The lowest BCUT2D eigenvalue weighted by Crippen LogP contribution is -1.77. The predicted octanol–water partition coefficient (Wildman–Crippen LogP) is 1.82. The monoisotopic (exact) mass is 182 g/mol. The molecular formula is C12H10N2. The molecule has 0 aliphatic carbocycles. The molecule has 68 valence electrons. The summed E-state index contributed by atoms with van der Waals surface area (Å²) in [6.45, 7) is 0. The average Bonchev–Trinajstić information content (AvgIpc) is 2.63. The van der Waals surface area contributed by atoms with Crippen LogP contribution < -0.4 is 0 Å². The molecule has 0 radical (unpaired) electrons. The first-order chi connectivity index (χ1) is 6.84. The molecule has 0 unspecified atom stereocenters. The summed E-state index contributed by atoms with van der Waals surface area (Å²) < 4.78 is 1.88. The van der Waals surface area contributed by atoms with E-state index in [-0.39, 0.29) is 0 Å². The van der Waals surface area contributed by atoms with Crippen LogP contribution in [0, 0.1) is 11.8 Å². The van der Waals surface area contributed by atoms with Crippen LogP contribution in [-0.2, 0) is 7.05 Å². The average molecular weight is 182 g/mol. The fraction of sp³-hybridized carbons (Fsp3) is 0.0833. The van der Waals surface area contributed by atoms with E-state index >= 15 is 0 Å². The van der Waals surface area contributed by atoms with Gasteiger partial charge < -0.3 is 4.57 Å². The van der Waals surface area contributed by atoms with Gasteiger partial charge in [-0.2, -0.15) is 0 Å². The van der Waals surface area contributed by atoms with Gasteiger partial charge in [0.15, 0.2) is 0 Å². The molecule has 1 heterocycles. The minimum absolute atomic E-state index is 0.802. The number of aryl methyl sites for hydroxylation is 1.